The van der Waals surface area contributed by atoms with Gasteiger partial charge in [-0.25, -0.2) is 9.07 Å². The Morgan fingerprint density at radius 1 is 1.13 bits per heavy atom. The molecule has 0 aliphatic carbocycles. The number of nitrogens with zero attached hydrogens (tertiary/aromatic N) is 6. The summed E-state index contributed by atoms with van der Waals surface area (Å²) in [5, 5.41) is 19.7. The molecule has 0 unspecified atom stereocenters. The number of hydrogen-bond acceptors (Lipinski definition) is 6. The molecule has 4 rings (SSSR count). The first-order chi connectivity index (χ1) is 14.8. The number of carbonyl (C=O) groups excluding carboxylic acids is 1. The summed E-state index contributed by atoms with van der Waals surface area (Å²) in [6.07, 6.45) is 0. The SMILES string of the molecule is Cc1c(C(=O)N2CCN(c3ccc(Cl)cc3[N+](=O)[O-])CC2)nnn1-c1ccc(F)cc1. The molecule has 1 aliphatic heterocycles. The fourth-order valence-corrected chi connectivity index (χ4v) is 3.73. The first kappa shape index (κ1) is 20.7. The van der Waals surface area contributed by atoms with Crippen LogP contribution in [-0.4, -0.2) is 56.9 Å². The van der Waals surface area contributed by atoms with Crippen LogP contribution in [0.2, 0.25) is 5.02 Å². The van der Waals surface area contributed by atoms with E-state index in [1.165, 1.54) is 22.9 Å². The number of aromatic nitrogens is 3. The van der Waals surface area contributed by atoms with E-state index >= 15 is 0 Å². The van der Waals surface area contributed by atoms with Crippen LogP contribution in [0.4, 0.5) is 15.8 Å². The minimum absolute atomic E-state index is 0.0645. The Balaban J connectivity index is 1.48. The highest BCUT2D eigenvalue weighted by Crippen LogP contribution is 2.31. The molecular weight excluding hydrogens is 427 g/mol. The van der Waals surface area contributed by atoms with Gasteiger partial charge in [-0.1, -0.05) is 16.8 Å². The molecule has 0 saturated carbocycles. The third kappa shape index (κ3) is 4.06. The minimum atomic E-state index is -0.462. The smallest absolute Gasteiger partial charge is 0.294 e. The molecule has 9 nitrogen and oxygen atoms in total. The van der Waals surface area contributed by atoms with Crippen LogP contribution in [-0.2, 0) is 0 Å². The maximum atomic E-state index is 13.2. The molecule has 0 spiro atoms. The zero-order valence-corrected chi connectivity index (χ0v) is 17.3. The van der Waals surface area contributed by atoms with Crippen LogP contribution in [0.25, 0.3) is 5.69 Å². The highest BCUT2D eigenvalue weighted by atomic mass is 35.5. The van der Waals surface area contributed by atoms with Gasteiger partial charge in [0.25, 0.3) is 11.6 Å². The number of rotatable bonds is 4. The van der Waals surface area contributed by atoms with E-state index in [0.29, 0.717) is 48.3 Å². The van der Waals surface area contributed by atoms with Crippen LogP contribution in [0.3, 0.4) is 0 Å². The van der Waals surface area contributed by atoms with Crippen molar-refractivity contribution in [3.05, 3.63) is 74.8 Å². The number of nitro benzene ring substituents is 1. The second kappa shape index (κ2) is 8.31. The van der Waals surface area contributed by atoms with Gasteiger partial charge in [0.15, 0.2) is 5.69 Å². The standard InChI is InChI=1S/C20H18ClFN6O3/c1-13-19(23-24-27(13)16-5-3-15(22)4-6-16)20(29)26-10-8-25(9-11-26)17-7-2-14(21)12-18(17)28(30)31/h2-7,12H,8-11H2,1H3. The van der Waals surface area contributed by atoms with Crippen molar-refractivity contribution in [1.29, 1.82) is 0 Å². The molecule has 1 amide bonds. The number of amides is 1. The number of nitro groups is 1. The van der Waals surface area contributed by atoms with Gasteiger partial charge in [0.1, 0.15) is 11.5 Å². The zero-order chi connectivity index (χ0) is 22.1. The summed E-state index contributed by atoms with van der Waals surface area (Å²) >= 11 is 5.89. The first-order valence-corrected chi connectivity index (χ1v) is 9.89. The summed E-state index contributed by atoms with van der Waals surface area (Å²) in [6, 6.07) is 10.3. The quantitative estimate of drug-likeness (QED) is 0.452. The van der Waals surface area contributed by atoms with E-state index in [-0.39, 0.29) is 23.1 Å². The molecule has 1 aliphatic rings. The zero-order valence-electron chi connectivity index (χ0n) is 16.5. The molecule has 31 heavy (non-hydrogen) atoms. The van der Waals surface area contributed by atoms with Crippen molar-refractivity contribution >= 4 is 28.9 Å². The van der Waals surface area contributed by atoms with Crippen LogP contribution >= 0.6 is 11.6 Å². The van der Waals surface area contributed by atoms with Gasteiger partial charge >= 0.3 is 0 Å². The first-order valence-electron chi connectivity index (χ1n) is 9.51. The van der Waals surface area contributed by atoms with Crippen molar-refractivity contribution in [2.75, 3.05) is 31.1 Å². The van der Waals surface area contributed by atoms with E-state index in [1.807, 2.05) is 4.90 Å². The summed E-state index contributed by atoms with van der Waals surface area (Å²) in [5.74, 6) is -0.632. The topological polar surface area (TPSA) is 97.4 Å². The lowest BCUT2D eigenvalue weighted by Crippen LogP contribution is -2.49. The Kier molecular flexibility index (Phi) is 5.55. The molecule has 2 heterocycles. The number of anilines is 1. The second-order valence-electron chi connectivity index (χ2n) is 7.08. The Hall–Kier alpha value is -3.53. The largest absolute Gasteiger partial charge is 0.362 e. The van der Waals surface area contributed by atoms with Crippen molar-refractivity contribution in [2.45, 2.75) is 6.92 Å². The third-order valence-corrected chi connectivity index (χ3v) is 5.45. The lowest BCUT2D eigenvalue weighted by Gasteiger charge is -2.35. The molecule has 0 N–H and O–H groups in total. The average molecular weight is 445 g/mol. The van der Waals surface area contributed by atoms with Crippen LogP contribution in [0.5, 0.6) is 0 Å². The van der Waals surface area contributed by atoms with E-state index in [9.17, 15) is 19.3 Å². The molecule has 1 saturated heterocycles. The van der Waals surface area contributed by atoms with Gasteiger partial charge in [0.05, 0.1) is 16.3 Å². The van der Waals surface area contributed by atoms with Crippen molar-refractivity contribution in [1.82, 2.24) is 19.9 Å². The number of halogens is 2. The van der Waals surface area contributed by atoms with Gasteiger partial charge in [-0.3, -0.25) is 14.9 Å². The van der Waals surface area contributed by atoms with Crippen LogP contribution < -0.4 is 4.90 Å². The summed E-state index contributed by atoms with van der Waals surface area (Å²) < 4.78 is 14.7. The Bertz CT molecular complexity index is 1140. The third-order valence-electron chi connectivity index (χ3n) is 5.21. The van der Waals surface area contributed by atoms with Crippen LogP contribution in [0.1, 0.15) is 16.2 Å². The number of piperazine rings is 1. The van der Waals surface area contributed by atoms with Crippen molar-refractivity contribution in [2.24, 2.45) is 0 Å². The van der Waals surface area contributed by atoms with Crippen LogP contribution in [0.15, 0.2) is 42.5 Å². The van der Waals surface area contributed by atoms with Crippen molar-refractivity contribution in [3.8, 4) is 5.69 Å². The minimum Gasteiger partial charge on any atom is -0.362 e. The van der Waals surface area contributed by atoms with Gasteiger partial charge in [-0.05, 0) is 43.3 Å². The van der Waals surface area contributed by atoms with Gasteiger partial charge < -0.3 is 9.80 Å². The van der Waals surface area contributed by atoms with Gasteiger partial charge in [0, 0.05) is 37.3 Å². The number of hydrogen-bond donors (Lipinski definition) is 0. The molecule has 0 bridgehead atoms. The molecule has 160 valence electrons. The lowest BCUT2D eigenvalue weighted by molar-refractivity contribution is -0.384. The summed E-state index contributed by atoms with van der Waals surface area (Å²) in [7, 11) is 0. The molecule has 11 heteroatoms. The normalized spacial score (nSPS) is 14.0. The van der Waals surface area contributed by atoms with Crippen molar-refractivity contribution < 1.29 is 14.1 Å². The van der Waals surface area contributed by atoms with E-state index in [2.05, 4.69) is 10.3 Å². The van der Waals surface area contributed by atoms with Gasteiger partial charge in [0.2, 0.25) is 0 Å². The molecule has 1 aromatic heterocycles. The predicted molar refractivity (Wildman–Crippen MR) is 112 cm³/mol. The number of benzene rings is 2. The lowest BCUT2D eigenvalue weighted by atomic mass is 10.2. The fraction of sp³-hybridized carbons (Fsp3) is 0.250. The molecular formula is C20H18ClFN6O3. The molecule has 2 aromatic carbocycles. The Morgan fingerprint density at radius 2 is 1.81 bits per heavy atom. The van der Waals surface area contributed by atoms with Gasteiger partial charge in [-0.2, -0.15) is 0 Å². The highest BCUT2D eigenvalue weighted by molar-refractivity contribution is 6.30. The van der Waals surface area contributed by atoms with E-state index in [0.717, 1.165) is 0 Å². The van der Waals surface area contributed by atoms with E-state index < -0.39 is 4.92 Å². The van der Waals surface area contributed by atoms with E-state index in [4.69, 9.17) is 11.6 Å². The second-order valence-corrected chi connectivity index (χ2v) is 7.52. The Morgan fingerprint density at radius 3 is 2.45 bits per heavy atom. The monoisotopic (exact) mass is 444 g/mol. The maximum absolute atomic E-state index is 13.2. The average Bonchev–Trinajstić information content (AvgIpc) is 3.15. The molecule has 0 atom stereocenters. The number of carbonyl (C=O) groups is 1. The van der Waals surface area contributed by atoms with Gasteiger partial charge in [-0.15, -0.1) is 5.10 Å². The molecule has 1 fully saturated rings. The van der Waals surface area contributed by atoms with Crippen LogP contribution in [0, 0.1) is 22.9 Å². The Labute approximate surface area is 181 Å². The summed E-state index contributed by atoms with van der Waals surface area (Å²) in [4.78, 5) is 27.4. The highest BCUT2D eigenvalue weighted by Gasteiger charge is 2.29. The van der Waals surface area contributed by atoms with Crippen molar-refractivity contribution in [3.63, 3.8) is 0 Å². The predicted octanol–water partition coefficient (Wildman–Crippen LogP) is 3.24. The van der Waals surface area contributed by atoms with E-state index in [1.54, 1.807) is 36.1 Å². The fourth-order valence-electron chi connectivity index (χ4n) is 3.56. The summed E-state index contributed by atoms with van der Waals surface area (Å²) in [6.45, 7) is 3.34. The maximum Gasteiger partial charge on any atom is 0.294 e. The molecule has 0 radical (unpaired) electrons. The summed E-state index contributed by atoms with van der Waals surface area (Å²) in [5.41, 5.74) is 1.78. The molecule has 3 aromatic rings.